The molecule has 1 N–H and O–H groups in total. The highest BCUT2D eigenvalue weighted by atomic mass is 16.4. The maximum atomic E-state index is 12.0. The van der Waals surface area contributed by atoms with E-state index >= 15 is 0 Å². The second kappa shape index (κ2) is 7.30. The number of carbonyl (C=O) groups excluding carboxylic acids is 1. The van der Waals surface area contributed by atoms with Gasteiger partial charge in [-0.1, -0.05) is 13.8 Å². The number of hydrogen-bond acceptors (Lipinski definition) is 2. The van der Waals surface area contributed by atoms with Gasteiger partial charge < -0.3 is 10.0 Å². The molecule has 0 aromatic heterocycles. The molecule has 0 aromatic rings. The summed E-state index contributed by atoms with van der Waals surface area (Å²) in [5.74, 6) is -0.674. The van der Waals surface area contributed by atoms with E-state index in [1.165, 1.54) is 0 Å². The van der Waals surface area contributed by atoms with Gasteiger partial charge >= 0.3 is 5.97 Å². The lowest BCUT2D eigenvalue weighted by atomic mass is 9.98. The lowest BCUT2D eigenvalue weighted by molar-refractivity contribution is -0.140. The third kappa shape index (κ3) is 5.71. The molecule has 0 unspecified atom stereocenters. The fraction of sp³-hybridized carbons (Fsp3) is 0.846. The van der Waals surface area contributed by atoms with Crippen LogP contribution >= 0.6 is 0 Å². The van der Waals surface area contributed by atoms with Crippen LogP contribution in [0, 0.1) is 0 Å². The van der Waals surface area contributed by atoms with Crippen LogP contribution in [0.3, 0.4) is 0 Å². The van der Waals surface area contributed by atoms with E-state index in [9.17, 15) is 9.59 Å². The minimum absolute atomic E-state index is 0.121. The smallest absolute Gasteiger partial charge is 0.303 e. The molecule has 0 aromatic carbocycles. The van der Waals surface area contributed by atoms with E-state index in [1.807, 2.05) is 32.6 Å². The Morgan fingerprint density at radius 1 is 1.18 bits per heavy atom. The number of carboxylic acids is 1. The van der Waals surface area contributed by atoms with Crippen molar-refractivity contribution >= 4 is 11.9 Å². The topological polar surface area (TPSA) is 57.6 Å². The Morgan fingerprint density at radius 2 is 1.76 bits per heavy atom. The summed E-state index contributed by atoms with van der Waals surface area (Å²) >= 11 is 0. The molecular formula is C13H25NO3. The van der Waals surface area contributed by atoms with Gasteiger partial charge in [-0.3, -0.25) is 9.59 Å². The SMILES string of the molecule is CCCC(=O)N(CCCC(=O)O)C(C)(C)CC. The maximum Gasteiger partial charge on any atom is 0.303 e. The average Bonchev–Trinajstić information content (AvgIpc) is 2.24. The Balaban J connectivity index is 4.51. The molecule has 0 aliphatic carbocycles. The van der Waals surface area contributed by atoms with Crippen molar-refractivity contribution in [1.29, 1.82) is 0 Å². The molecule has 0 heterocycles. The van der Waals surface area contributed by atoms with E-state index in [-0.39, 0.29) is 17.9 Å². The molecule has 0 bridgehead atoms. The van der Waals surface area contributed by atoms with E-state index in [0.717, 1.165) is 12.8 Å². The molecule has 0 radical (unpaired) electrons. The molecule has 0 spiro atoms. The van der Waals surface area contributed by atoms with Gasteiger partial charge in [-0.2, -0.15) is 0 Å². The highest BCUT2D eigenvalue weighted by Crippen LogP contribution is 2.20. The summed E-state index contributed by atoms with van der Waals surface area (Å²) in [5, 5.41) is 8.62. The summed E-state index contributed by atoms with van der Waals surface area (Å²) in [6, 6.07) is 0. The summed E-state index contributed by atoms with van der Waals surface area (Å²) in [6.07, 6.45) is 2.88. The molecule has 4 heteroatoms. The first-order valence-electron chi connectivity index (χ1n) is 6.37. The second-order valence-electron chi connectivity index (χ2n) is 4.96. The third-order valence-corrected chi connectivity index (χ3v) is 3.13. The van der Waals surface area contributed by atoms with Crippen LogP contribution in [0.2, 0.25) is 0 Å². The van der Waals surface area contributed by atoms with Crippen LogP contribution in [-0.2, 0) is 9.59 Å². The first kappa shape index (κ1) is 15.9. The molecule has 4 nitrogen and oxygen atoms in total. The van der Waals surface area contributed by atoms with E-state index < -0.39 is 5.97 Å². The molecule has 0 rings (SSSR count). The predicted octanol–water partition coefficient (Wildman–Crippen LogP) is 2.67. The van der Waals surface area contributed by atoms with Crippen molar-refractivity contribution in [3.8, 4) is 0 Å². The van der Waals surface area contributed by atoms with Gasteiger partial charge in [-0.25, -0.2) is 0 Å². The van der Waals surface area contributed by atoms with E-state index in [1.54, 1.807) is 0 Å². The zero-order chi connectivity index (χ0) is 13.5. The normalized spacial score (nSPS) is 11.3. The van der Waals surface area contributed by atoms with Crippen LogP contribution in [0.1, 0.15) is 59.8 Å². The van der Waals surface area contributed by atoms with Crippen molar-refractivity contribution < 1.29 is 14.7 Å². The number of nitrogens with zero attached hydrogens (tertiary/aromatic N) is 1. The van der Waals surface area contributed by atoms with Gasteiger partial charge in [-0.15, -0.1) is 0 Å². The van der Waals surface area contributed by atoms with Crippen molar-refractivity contribution in [3.63, 3.8) is 0 Å². The standard InChI is InChI=1S/C13H25NO3/c1-5-8-11(15)14(13(3,4)6-2)10-7-9-12(16)17/h5-10H2,1-4H3,(H,16,17). The molecule has 0 fully saturated rings. The Kier molecular flexibility index (Phi) is 6.85. The second-order valence-corrected chi connectivity index (χ2v) is 4.96. The molecule has 0 saturated heterocycles. The Morgan fingerprint density at radius 3 is 2.18 bits per heavy atom. The Labute approximate surface area is 104 Å². The molecule has 0 saturated carbocycles. The summed E-state index contributed by atoms with van der Waals surface area (Å²) in [5.41, 5.74) is -0.190. The highest BCUT2D eigenvalue weighted by Gasteiger charge is 2.28. The Bertz CT molecular complexity index is 261. The zero-order valence-corrected chi connectivity index (χ0v) is 11.5. The van der Waals surface area contributed by atoms with Crippen LogP contribution < -0.4 is 0 Å². The average molecular weight is 243 g/mol. The molecule has 0 aliphatic rings. The Hall–Kier alpha value is -1.06. The molecule has 17 heavy (non-hydrogen) atoms. The lowest BCUT2D eigenvalue weighted by Gasteiger charge is -2.38. The van der Waals surface area contributed by atoms with E-state index in [2.05, 4.69) is 0 Å². The monoisotopic (exact) mass is 243 g/mol. The first-order chi connectivity index (χ1) is 7.85. The minimum atomic E-state index is -0.804. The number of hydrogen-bond donors (Lipinski definition) is 1. The van der Waals surface area contributed by atoms with Gasteiger partial charge in [0.15, 0.2) is 0 Å². The van der Waals surface area contributed by atoms with Crippen LogP contribution in [0.5, 0.6) is 0 Å². The summed E-state index contributed by atoms with van der Waals surface area (Å²) in [6.45, 7) is 8.62. The number of rotatable bonds is 8. The largest absolute Gasteiger partial charge is 0.481 e. The summed E-state index contributed by atoms with van der Waals surface area (Å²) in [7, 11) is 0. The third-order valence-electron chi connectivity index (χ3n) is 3.13. The summed E-state index contributed by atoms with van der Waals surface area (Å²) in [4.78, 5) is 24.3. The van der Waals surface area contributed by atoms with Crippen LogP contribution in [0.4, 0.5) is 0 Å². The first-order valence-corrected chi connectivity index (χ1v) is 6.37. The molecule has 100 valence electrons. The number of aliphatic carboxylic acids is 1. The van der Waals surface area contributed by atoms with Crippen LogP contribution in [-0.4, -0.2) is 34.0 Å². The molecular weight excluding hydrogens is 218 g/mol. The van der Waals surface area contributed by atoms with Gasteiger partial charge in [0.25, 0.3) is 0 Å². The van der Waals surface area contributed by atoms with Gasteiger partial charge in [-0.05, 0) is 33.1 Å². The zero-order valence-electron chi connectivity index (χ0n) is 11.5. The number of carbonyl (C=O) groups is 2. The van der Waals surface area contributed by atoms with Crippen molar-refractivity contribution in [2.24, 2.45) is 0 Å². The fourth-order valence-electron chi connectivity index (χ4n) is 1.69. The maximum absolute atomic E-state index is 12.0. The quantitative estimate of drug-likeness (QED) is 0.713. The van der Waals surface area contributed by atoms with Crippen molar-refractivity contribution in [2.45, 2.75) is 65.3 Å². The lowest BCUT2D eigenvalue weighted by Crippen LogP contribution is -2.47. The molecule has 0 atom stereocenters. The van der Waals surface area contributed by atoms with Gasteiger partial charge in [0.2, 0.25) is 5.91 Å². The van der Waals surface area contributed by atoms with Crippen LogP contribution in [0.25, 0.3) is 0 Å². The van der Waals surface area contributed by atoms with Gasteiger partial charge in [0, 0.05) is 24.9 Å². The number of carboxylic acid groups (broad SMARTS) is 1. The minimum Gasteiger partial charge on any atom is -0.481 e. The van der Waals surface area contributed by atoms with Gasteiger partial charge in [0.05, 0.1) is 0 Å². The van der Waals surface area contributed by atoms with Crippen LogP contribution in [0.15, 0.2) is 0 Å². The summed E-state index contributed by atoms with van der Waals surface area (Å²) < 4.78 is 0. The molecule has 0 aliphatic heterocycles. The van der Waals surface area contributed by atoms with E-state index in [4.69, 9.17) is 5.11 Å². The fourth-order valence-corrected chi connectivity index (χ4v) is 1.69. The van der Waals surface area contributed by atoms with E-state index in [0.29, 0.717) is 19.4 Å². The highest BCUT2D eigenvalue weighted by molar-refractivity contribution is 5.77. The van der Waals surface area contributed by atoms with Crippen molar-refractivity contribution in [3.05, 3.63) is 0 Å². The predicted molar refractivity (Wildman–Crippen MR) is 67.9 cm³/mol. The van der Waals surface area contributed by atoms with Gasteiger partial charge in [0.1, 0.15) is 0 Å². The van der Waals surface area contributed by atoms with Crippen molar-refractivity contribution in [1.82, 2.24) is 4.90 Å². The molecule has 1 amide bonds. The number of amides is 1. The van der Waals surface area contributed by atoms with Crippen molar-refractivity contribution in [2.75, 3.05) is 6.54 Å².